The summed E-state index contributed by atoms with van der Waals surface area (Å²) in [7, 11) is 0. The summed E-state index contributed by atoms with van der Waals surface area (Å²) in [6, 6.07) is 31.1. The van der Waals surface area contributed by atoms with Crippen molar-refractivity contribution in [2.45, 2.75) is 6.67 Å². The van der Waals surface area contributed by atoms with Crippen molar-refractivity contribution in [2.75, 3.05) is 31.1 Å². The molecule has 0 bridgehead atoms. The van der Waals surface area contributed by atoms with Crippen molar-refractivity contribution in [2.24, 2.45) is 0 Å². The molecule has 1 fully saturated rings. The van der Waals surface area contributed by atoms with Crippen molar-refractivity contribution in [3.8, 4) is 17.1 Å². The minimum atomic E-state index is 0.696. The average Bonchev–Trinajstić information content (AvgIpc) is 3.17. The zero-order valence-corrected chi connectivity index (χ0v) is 18.2. The molecule has 1 aliphatic rings. The summed E-state index contributed by atoms with van der Waals surface area (Å²) in [4.78, 5) is 4.86. The molecule has 1 saturated heterocycles. The van der Waals surface area contributed by atoms with Crippen LogP contribution in [0.15, 0.2) is 91.0 Å². The van der Waals surface area contributed by atoms with Crippen LogP contribution in [0.2, 0.25) is 0 Å². The molecule has 0 radical (unpaired) electrons. The number of anilines is 1. The molecule has 0 N–H and O–H groups in total. The molecule has 31 heavy (non-hydrogen) atoms. The van der Waals surface area contributed by atoms with Crippen LogP contribution in [0.1, 0.15) is 0 Å². The van der Waals surface area contributed by atoms with Crippen molar-refractivity contribution in [3.05, 3.63) is 95.8 Å². The Kier molecular flexibility index (Phi) is 5.65. The summed E-state index contributed by atoms with van der Waals surface area (Å²) in [6.07, 6.45) is 0. The van der Waals surface area contributed by atoms with Gasteiger partial charge in [-0.15, -0.1) is 5.10 Å². The molecule has 6 heteroatoms. The zero-order chi connectivity index (χ0) is 21.0. The van der Waals surface area contributed by atoms with E-state index in [-0.39, 0.29) is 0 Å². The molecule has 0 aliphatic carbocycles. The Hall–Kier alpha value is -3.22. The predicted molar refractivity (Wildman–Crippen MR) is 128 cm³/mol. The Morgan fingerprint density at radius 2 is 1.23 bits per heavy atom. The van der Waals surface area contributed by atoms with Gasteiger partial charge in [0.25, 0.3) is 0 Å². The fourth-order valence-corrected chi connectivity index (χ4v) is 4.35. The minimum absolute atomic E-state index is 0.696. The number of hydrogen-bond acceptors (Lipinski definition) is 4. The number of benzene rings is 3. The summed E-state index contributed by atoms with van der Waals surface area (Å²) in [5.41, 5.74) is 3.38. The lowest BCUT2D eigenvalue weighted by Crippen LogP contribution is -2.47. The van der Waals surface area contributed by atoms with Crippen molar-refractivity contribution < 1.29 is 0 Å². The first kappa shape index (κ1) is 19.7. The Morgan fingerprint density at radius 1 is 0.677 bits per heavy atom. The Bertz CT molecular complexity index is 1180. The zero-order valence-electron chi connectivity index (χ0n) is 17.3. The first-order valence-electron chi connectivity index (χ1n) is 10.6. The van der Waals surface area contributed by atoms with E-state index in [1.165, 1.54) is 5.69 Å². The lowest BCUT2D eigenvalue weighted by molar-refractivity contribution is 0.194. The molecular formula is C25H25N5S. The van der Waals surface area contributed by atoms with Crippen LogP contribution in [0.4, 0.5) is 5.69 Å². The number of aromatic nitrogens is 3. The fraction of sp³-hybridized carbons (Fsp3) is 0.200. The Balaban J connectivity index is 1.40. The van der Waals surface area contributed by atoms with Gasteiger partial charge in [0.05, 0.1) is 6.67 Å². The molecule has 2 heterocycles. The van der Waals surface area contributed by atoms with Crippen molar-refractivity contribution >= 4 is 17.9 Å². The molecule has 0 spiro atoms. The van der Waals surface area contributed by atoms with Gasteiger partial charge in [-0.1, -0.05) is 66.7 Å². The number of para-hydroxylation sites is 2. The highest BCUT2D eigenvalue weighted by molar-refractivity contribution is 7.71. The standard InChI is InChI=1S/C25H25N5S/c31-25-29(20-27-16-18-28(19-17-27)22-12-6-2-7-13-22)26-24(21-10-4-1-5-11-21)30(25)23-14-8-3-9-15-23/h1-15H,16-20H2. The first-order valence-corrected chi connectivity index (χ1v) is 11.0. The third-order valence-corrected chi connectivity index (χ3v) is 6.11. The Morgan fingerprint density at radius 3 is 1.84 bits per heavy atom. The van der Waals surface area contributed by atoms with Crippen LogP contribution >= 0.6 is 12.2 Å². The molecular weight excluding hydrogens is 402 g/mol. The molecule has 0 amide bonds. The molecule has 3 aromatic carbocycles. The molecule has 5 nitrogen and oxygen atoms in total. The normalized spacial score (nSPS) is 14.6. The molecule has 0 unspecified atom stereocenters. The second-order valence-corrected chi connectivity index (χ2v) is 8.09. The van der Waals surface area contributed by atoms with E-state index in [0.717, 1.165) is 48.0 Å². The predicted octanol–water partition coefficient (Wildman–Crippen LogP) is 4.85. The van der Waals surface area contributed by atoms with Crippen molar-refractivity contribution in [1.82, 2.24) is 19.2 Å². The van der Waals surface area contributed by atoms with E-state index >= 15 is 0 Å². The number of rotatable bonds is 5. The van der Waals surface area contributed by atoms with Crippen LogP contribution in [0.5, 0.6) is 0 Å². The highest BCUT2D eigenvalue weighted by atomic mass is 32.1. The van der Waals surface area contributed by atoms with Gasteiger partial charge in [-0.2, -0.15) is 0 Å². The highest BCUT2D eigenvalue weighted by Crippen LogP contribution is 2.23. The van der Waals surface area contributed by atoms with Gasteiger partial charge < -0.3 is 4.90 Å². The minimum Gasteiger partial charge on any atom is -0.369 e. The van der Waals surface area contributed by atoms with E-state index in [4.69, 9.17) is 17.3 Å². The van der Waals surface area contributed by atoms with Gasteiger partial charge in [0, 0.05) is 43.1 Å². The average molecular weight is 428 g/mol. The van der Waals surface area contributed by atoms with Gasteiger partial charge in [-0.05, 0) is 36.5 Å². The topological polar surface area (TPSA) is 29.2 Å². The summed E-state index contributed by atoms with van der Waals surface area (Å²) >= 11 is 5.89. The van der Waals surface area contributed by atoms with Crippen LogP contribution < -0.4 is 4.90 Å². The largest absolute Gasteiger partial charge is 0.369 e. The third kappa shape index (κ3) is 4.17. The van der Waals surface area contributed by atoms with E-state index < -0.39 is 0 Å². The van der Waals surface area contributed by atoms with Crippen molar-refractivity contribution in [1.29, 1.82) is 0 Å². The summed E-state index contributed by atoms with van der Waals surface area (Å²) in [6.45, 7) is 4.66. The quantitative estimate of drug-likeness (QED) is 0.426. The van der Waals surface area contributed by atoms with Gasteiger partial charge in [0.1, 0.15) is 0 Å². The van der Waals surface area contributed by atoms with Crippen molar-refractivity contribution in [3.63, 3.8) is 0 Å². The number of piperazine rings is 1. The van der Waals surface area contributed by atoms with Gasteiger partial charge in [0.15, 0.2) is 5.82 Å². The van der Waals surface area contributed by atoms with Crippen LogP contribution in [-0.4, -0.2) is 45.4 Å². The smallest absolute Gasteiger partial charge is 0.204 e. The molecule has 0 atom stereocenters. The summed E-state index contributed by atoms with van der Waals surface area (Å²) in [5, 5.41) is 4.95. The van der Waals surface area contributed by atoms with Gasteiger partial charge >= 0.3 is 0 Å². The summed E-state index contributed by atoms with van der Waals surface area (Å²) < 4.78 is 4.75. The molecule has 1 aliphatic heterocycles. The van der Waals surface area contributed by atoms with Crippen LogP contribution in [-0.2, 0) is 6.67 Å². The number of hydrogen-bond donors (Lipinski definition) is 0. The second kappa shape index (κ2) is 8.88. The van der Waals surface area contributed by atoms with E-state index in [1.54, 1.807) is 0 Å². The fourth-order valence-electron chi connectivity index (χ4n) is 4.06. The van der Waals surface area contributed by atoms with Gasteiger partial charge in [-0.25, -0.2) is 4.68 Å². The van der Waals surface area contributed by atoms with Crippen LogP contribution in [0.3, 0.4) is 0 Å². The molecule has 156 valence electrons. The third-order valence-electron chi connectivity index (χ3n) is 5.71. The van der Waals surface area contributed by atoms with E-state index in [2.05, 4.69) is 69.0 Å². The van der Waals surface area contributed by atoms with E-state index in [9.17, 15) is 0 Å². The monoisotopic (exact) mass is 427 g/mol. The lowest BCUT2D eigenvalue weighted by Gasteiger charge is -2.35. The van der Waals surface area contributed by atoms with Gasteiger partial charge in [-0.3, -0.25) is 9.47 Å². The molecule has 5 rings (SSSR count). The van der Waals surface area contributed by atoms with Crippen LogP contribution in [0, 0.1) is 4.77 Å². The maximum atomic E-state index is 5.89. The number of nitrogens with zero attached hydrogens (tertiary/aromatic N) is 5. The Labute approximate surface area is 187 Å². The molecule has 4 aromatic rings. The molecule has 1 aromatic heterocycles. The van der Waals surface area contributed by atoms with Gasteiger partial charge in [0.2, 0.25) is 4.77 Å². The SMILES string of the molecule is S=c1n(CN2CCN(c3ccccc3)CC2)nc(-c2ccccc2)n1-c1ccccc1. The maximum absolute atomic E-state index is 5.89. The maximum Gasteiger partial charge on any atom is 0.204 e. The van der Waals surface area contributed by atoms with E-state index in [1.807, 2.05) is 41.1 Å². The first-order chi connectivity index (χ1) is 15.3. The highest BCUT2D eigenvalue weighted by Gasteiger charge is 2.20. The lowest BCUT2D eigenvalue weighted by atomic mass is 10.2. The van der Waals surface area contributed by atoms with Crippen LogP contribution in [0.25, 0.3) is 17.1 Å². The summed E-state index contributed by atoms with van der Waals surface area (Å²) in [5.74, 6) is 0.875. The second-order valence-electron chi connectivity index (χ2n) is 7.72. The molecule has 0 saturated carbocycles. The van der Waals surface area contributed by atoms with E-state index in [0.29, 0.717) is 6.67 Å².